The van der Waals surface area contributed by atoms with Crippen LogP contribution in [0.15, 0.2) is 0 Å². The molecule has 1 unspecified atom stereocenters. The zero-order valence-electron chi connectivity index (χ0n) is 9.41. The Morgan fingerprint density at radius 1 is 1.50 bits per heavy atom. The first-order chi connectivity index (χ1) is 7.60. The number of carbonyl (C=O) groups excluding carboxylic acids is 1. The molecule has 1 fully saturated rings. The van der Waals surface area contributed by atoms with Gasteiger partial charge in [-0.1, -0.05) is 13.3 Å². The Kier molecular flexibility index (Phi) is 4.54. The van der Waals surface area contributed by atoms with Crippen molar-refractivity contribution in [1.82, 2.24) is 10.6 Å². The van der Waals surface area contributed by atoms with E-state index in [1.54, 1.807) is 0 Å². The molecule has 3 N–H and O–H groups in total. The lowest BCUT2D eigenvalue weighted by molar-refractivity contribution is -0.144. The number of carboxylic acid groups (broad SMARTS) is 1. The van der Waals surface area contributed by atoms with Crippen molar-refractivity contribution in [2.75, 3.05) is 19.8 Å². The molecule has 0 bridgehead atoms. The van der Waals surface area contributed by atoms with E-state index in [0.717, 1.165) is 12.8 Å². The van der Waals surface area contributed by atoms with Crippen LogP contribution in [0.1, 0.15) is 26.2 Å². The van der Waals surface area contributed by atoms with Gasteiger partial charge in [-0.3, -0.25) is 0 Å². The van der Waals surface area contributed by atoms with Crippen LogP contribution in [-0.4, -0.2) is 42.4 Å². The fourth-order valence-electron chi connectivity index (χ4n) is 1.53. The molecule has 1 atom stereocenters. The summed E-state index contributed by atoms with van der Waals surface area (Å²) in [6.45, 7) is 2.97. The van der Waals surface area contributed by atoms with Gasteiger partial charge in [0.25, 0.3) is 0 Å². The van der Waals surface area contributed by atoms with E-state index in [1.165, 1.54) is 0 Å². The molecular weight excluding hydrogens is 212 g/mol. The molecule has 16 heavy (non-hydrogen) atoms. The van der Waals surface area contributed by atoms with Gasteiger partial charge in [-0.25, -0.2) is 9.59 Å². The summed E-state index contributed by atoms with van der Waals surface area (Å²) in [7, 11) is 0. The minimum Gasteiger partial charge on any atom is -0.479 e. The third-order valence-corrected chi connectivity index (χ3v) is 2.60. The quantitative estimate of drug-likeness (QED) is 0.594. The number of hydrogen-bond donors (Lipinski definition) is 3. The first-order valence-electron chi connectivity index (χ1n) is 5.48. The van der Waals surface area contributed by atoms with Crippen molar-refractivity contribution < 1.29 is 19.4 Å². The van der Waals surface area contributed by atoms with Gasteiger partial charge in [0.1, 0.15) is 0 Å². The van der Waals surface area contributed by atoms with Crippen LogP contribution in [0.2, 0.25) is 0 Å². The molecule has 2 amide bonds. The summed E-state index contributed by atoms with van der Waals surface area (Å²) >= 11 is 0. The number of rotatable bonds is 5. The topological polar surface area (TPSA) is 87.7 Å². The molecule has 0 aromatic heterocycles. The lowest BCUT2D eigenvalue weighted by atomic mass is 9.99. The number of unbranched alkanes of at least 4 members (excludes halogenated alkanes) is 1. The van der Waals surface area contributed by atoms with Crippen molar-refractivity contribution in [1.29, 1.82) is 0 Å². The summed E-state index contributed by atoms with van der Waals surface area (Å²) in [5.74, 6) is -1.05. The lowest BCUT2D eigenvalue weighted by Gasteiger charge is -2.23. The van der Waals surface area contributed by atoms with Crippen molar-refractivity contribution in [2.45, 2.75) is 31.7 Å². The number of urea groups is 1. The van der Waals surface area contributed by atoms with Gasteiger partial charge in [0.2, 0.25) is 0 Å². The molecule has 1 aliphatic heterocycles. The average Bonchev–Trinajstić information content (AvgIpc) is 2.68. The van der Waals surface area contributed by atoms with Crippen molar-refractivity contribution in [3.05, 3.63) is 0 Å². The second kappa shape index (κ2) is 5.69. The first-order valence-corrected chi connectivity index (χ1v) is 5.48. The maximum absolute atomic E-state index is 11.4. The molecule has 0 saturated carbocycles. The molecule has 6 nitrogen and oxygen atoms in total. The van der Waals surface area contributed by atoms with Gasteiger partial charge in [-0.05, 0) is 6.42 Å². The molecule has 1 aliphatic rings. The Bertz CT molecular complexity index is 262. The maximum atomic E-state index is 11.4. The first kappa shape index (κ1) is 12.8. The standard InChI is InChI=1S/C10H18N2O4/c1-2-3-5-11-9(15)12-10(8(13)14)4-6-16-7-10/h2-7H2,1H3,(H,13,14)(H2,11,12,15). The summed E-state index contributed by atoms with van der Waals surface area (Å²) < 4.78 is 5.02. The number of carboxylic acids is 1. The highest BCUT2D eigenvalue weighted by atomic mass is 16.5. The Morgan fingerprint density at radius 2 is 2.25 bits per heavy atom. The van der Waals surface area contributed by atoms with E-state index in [-0.39, 0.29) is 6.61 Å². The highest BCUT2D eigenvalue weighted by Gasteiger charge is 2.43. The summed E-state index contributed by atoms with van der Waals surface area (Å²) in [5, 5.41) is 14.2. The van der Waals surface area contributed by atoms with E-state index in [4.69, 9.17) is 9.84 Å². The van der Waals surface area contributed by atoms with E-state index in [0.29, 0.717) is 19.6 Å². The summed E-state index contributed by atoms with van der Waals surface area (Å²) in [6, 6.07) is -0.443. The number of carbonyl (C=O) groups is 2. The Balaban J connectivity index is 2.43. The van der Waals surface area contributed by atoms with Gasteiger partial charge in [-0.2, -0.15) is 0 Å². The minimum absolute atomic E-state index is 0.0313. The van der Waals surface area contributed by atoms with E-state index in [1.807, 2.05) is 6.92 Å². The van der Waals surface area contributed by atoms with Crippen LogP contribution in [0.5, 0.6) is 0 Å². The van der Waals surface area contributed by atoms with Crippen LogP contribution in [-0.2, 0) is 9.53 Å². The smallest absolute Gasteiger partial charge is 0.332 e. The van der Waals surface area contributed by atoms with Gasteiger partial charge < -0.3 is 20.5 Å². The van der Waals surface area contributed by atoms with Crippen molar-refractivity contribution in [2.24, 2.45) is 0 Å². The van der Waals surface area contributed by atoms with Crippen molar-refractivity contribution >= 4 is 12.0 Å². The molecule has 0 aromatic carbocycles. The van der Waals surface area contributed by atoms with E-state index < -0.39 is 17.5 Å². The molecule has 1 heterocycles. The van der Waals surface area contributed by atoms with Gasteiger partial charge in [0.15, 0.2) is 5.54 Å². The fraction of sp³-hybridized carbons (Fsp3) is 0.800. The summed E-state index contributed by atoms with van der Waals surface area (Å²) in [4.78, 5) is 22.5. The van der Waals surface area contributed by atoms with Gasteiger partial charge in [0, 0.05) is 19.6 Å². The molecule has 0 spiro atoms. The molecule has 0 radical (unpaired) electrons. The Hall–Kier alpha value is -1.30. The normalized spacial score (nSPS) is 24.1. The third-order valence-electron chi connectivity index (χ3n) is 2.60. The Morgan fingerprint density at radius 3 is 2.75 bits per heavy atom. The number of hydrogen-bond acceptors (Lipinski definition) is 3. The minimum atomic E-state index is -1.25. The average molecular weight is 230 g/mol. The summed E-state index contributed by atoms with van der Waals surface area (Å²) in [5.41, 5.74) is -1.25. The van der Waals surface area contributed by atoms with Gasteiger partial charge in [0.05, 0.1) is 6.61 Å². The SMILES string of the molecule is CCCCNC(=O)NC1(C(=O)O)CCOC1. The number of ether oxygens (including phenoxy) is 1. The van der Waals surface area contributed by atoms with Crippen molar-refractivity contribution in [3.8, 4) is 0 Å². The fourth-order valence-corrected chi connectivity index (χ4v) is 1.53. The van der Waals surface area contributed by atoms with Crippen LogP contribution in [0, 0.1) is 0 Å². The number of aliphatic carboxylic acids is 1. The highest BCUT2D eigenvalue weighted by Crippen LogP contribution is 2.18. The van der Waals surface area contributed by atoms with E-state index in [2.05, 4.69) is 10.6 Å². The summed E-state index contributed by atoms with van der Waals surface area (Å²) in [6.07, 6.45) is 2.17. The predicted octanol–water partition coefficient (Wildman–Crippen LogP) is 0.329. The van der Waals surface area contributed by atoms with Crippen LogP contribution >= 0.6 is 0 Å². The van der Waals surface area contributed by atoms with Crippen LogP contribution in [0.3, 0.4) is 0 Å². The zero-order chi connectivity index (χ0) is 12.0. The highest BCUT2D eigenvalue weighted by molar-refractivity contribution is 5.86. The number of amides is 2. The second-order valence-electron chi connectivity index (χ2n) is 3.92. The van der Waals surface area contributed by atoms with Gasteiger partial charge in [-0.15, -0.1) is 0 Å². The van der Waals surface area contributed by atoms with Crippen molar-refractivity contribution in [3.63, 3.8) is 0 Å². The predicted molar refractivity (Wildman–Crippen MR) is 57.2 cm³/mol. The lowest BCUT2D eigenvalue weighted by Crippen LogP contribution is -2.57. The largest absolute Gasteiger partial charge is 0.479 e. The monoisotopic (exact) mass is 230 g/mol. The zero-order valence-corrected chi connectivity index (χ0v) is 9.41. The molecule has 0 aromatic rings. The van der Waals surface area contributed by atoms with Crippen LogP contribution in [0.4, 0.5) is 4.79 Å². The van der Waals surface area contributed by atoms with Crippen LogP contribution in [0.25, 0.3) is 0 Å². The molecule has 92 valence electrons. The van der Waals surface area contributed by atoms with E-state index in [9.17, 15) is 9.59 Å². The maximum Gasteiger partial charge on any atom is 0.332 e. The van der Waals surface area contributed by atoms with E-state index >= 15 is 0 Å². The molecule has 1 saturated heterocycles. The number of nitrogens with one attached hydrogen (secondary N) is 2. The second-order valence-corrected chi connectivity index (χ2v) is 3.92. The molecule has 6 heteroatoms. The Labute approximate surface area is 94.3 Å². The molecular formula is C10H18N2O4. The van der Waals surface area contributed by atoms with Crippen LogP contribution < -0.4 is 10.6 Å². The molecule has 0 aliphatic carbocycles. The third kappa shape index (κ3) is 3.10. The van der Waals surface area contributed by atoms with Gasteiger partial charge >= 0.3 is 12.0 Å². The molecule has 1 rings (SSSR count).